The quantitative estimate of drug-likeness (QED) is 0.642. The van der Waals surface area contributed by atoms with Gasteiger partial charge >= 0.3 is 0 Å². The third kappa shape index (κ3) is 3.01. The van der Waals surface area contributed by atoms with Gasteiger partial charge in [-0.05, 0) is 35.4 Å². The van der Waals surface area contributed by atoms with Gasteiger partial charge < -0.3 is 4.74 Å². The Kier molecular flexibility index (Phi) is 4.07. The van der Waals surface area contributed by atoms with E-state index in [-0.39, 0.29) is 0 Å². The molecule has 0 saturated carbocycles. The molecular formula is C18H16ClNO. The number of aromatic nitrogens is 1. The fourth-order valence-electron chi connectivity index (χ4n) is 2.45. The van der Waals surface area contributed by atoms with E-state index in [0.29, 0.717) is 12.5 Å². The SMILES string of the molecule is Cc1cncc(COc2ccc3ccccc3c2CCl)c1. The van der Waals surface area contributed by atoms with Crippen molar-refractivity contribution in [3.05, 3.63) is 71.5 Å². The molecule has 106 valence electrons. The maximum absolute atomic E-state index is 6.13. The molecule has 0 saturated heterocycles. The predicted molar refractivity (Wildman–Crippen MR) is 86.8 cm³/mol. The van der Waals surface area contributed by atoms with Crippen molar-refractivity contribution in [1.29, 1.82) is 0 Å². The van der Waals surface area contributed by atoms with Gasteiger partial charge in [0.1, 0.15) is 12.4 Å². The molecule has 0 fully saturated rings. The molecule has 0 unspecified atom stereocenters. The summed E-state index contributed by atoms with van der Waals surface area (Å²) < 4.78 is 5.95. The predicted octanol–water partition coefficient (Wildman–Crippen LogP) is 4.86. The molecule has 0 aliphatic rings. The van der Waals surface area contributed by atoms with Crippen LogP contribution in [0.2, 0.25) is 0 Å². The molecule has 1 heterocycles. The van der Waals surface area contributed by atoms with Crippen LogP contribution in [0.15, 0.2) is 54.9 Å². The highest BCUT2D eigenvalue weighted by Gasteiger charge is 2.08. The third-order valence-corrected chi connectivity index (χ3v) is 3.72. The zero-order valence-electron chi connectivity index (χ0n) is 11.8. The van der Waals surface area contributed by atoms with Crippen LogP contribution in [0.25, 0.3) is 10.8 Å². The van der Waals surface area contributed by atoms with Gasteiger partial charge in [0, 0.05) is 23.5 Å². The molecule has 3 rings (SSSR count). The highest BCUT2D eigenvalue weighted by Crippen LogP contribution is 2.30. The topological polar surface area (TPSA) is 22.1 Å². The van der Waals surface area contributed by atoms with E-state index in [1.54, 1.807) is 0 Å². The Bertz CT molecular complexity index is 770. The summed E-state index contributed by atoms with van der Waals surface area (Å²) >= 11 is 6.13. The lowest BCUT2D eigenvalue weighted by Gasteiger charge is -2.12. The minimum absolute atomic E-state index is 0.433. The fourth-order valence-corrected chi connectivity index (χ4v) is 2.72. The molecule has 0 atom stereocenters. The van der Waals surface area contributed by atoms with Gasteiger partial charge in [0.25, 0.3) is 0 Å². The van der Waals surface area contributed by atoms with Crippen molar-refractivity contribution in [3.63, 3.8) is 0 Å². The Morgan fingerprint density at radius 2 is 1.95 bits per heavy atom. The number of rotatable bonds is 4. The van der Waals surface area contributed by atoms with Crippen LogP contribution in [0, 0.1) is 6.92 Å². The number of halogens is 1. The van der Waals surface area contributed by atoms with Gasteiger partial charge in [0.05, 0.1) is 5.88 Å². The van der Waals surface area contributed by atoms with E-state index in [0.717, 1.165) is 27.8 Å². The summed E-state index contributed by atoms with van der Waals surface area (Å²) in [4.78, 5) is 4.18. The second-order valence-electron chi connectivity index (χ2n) is 5.06. The van der Waals surface area contributed by atoms with Gasteiger partial charge in [-0.1, -0.05) is 30.3 Å². The van der Waals surface area contributed by atoms with E-state index in [4.69, 9.17) is 16.3 Å². The highest BCUT2D eigenvalue weighted by molar-refractivity contribution is 6.18. The molecule has 1 aromatic heterocycles. The zero-order valence-corrected chi connectivity index (χ0v) is 12.6. The average Bonchev–Trinajstić information content (AvgIpc) is 2.52. The number of nitrogens with zero attached hydrogens (tertiary/aromatic N) is 1. The van der Waals surface area contributed by atoms with Crippen molar-refractivity contribution in [2.45, 2.75) is 19.4 Å². The number of hydrogen-bond donors (Lipinski definition) is 0. The fraction of sp³-hybridized carbons (Fsp3) is 0.167. The van der Waals surface area contributed by atoms with Crippen molar-refractivity contribution in [2.24, 2.45) is 0 Å². The van der Waals surface area contributed by atoms with Crippen LogP contribution < -0.4 is 4.74 Å². The molecule has 0 bridgehead atoms. The Morgan fingerprint density at radius 3 is 2.76 bits per heavy atom. The van der Waals surface area contributed by atoms with Gasteiger partial charge in [-0.2, -0.15) is 0 Å². The molecule has 2 aromatic carbocycles. The van der Waals surface area contributed by atoms with Crippen molar-refractivity contribution >= 4 is 22.4 Å². The number of aryl methyl sites for hydroxylation is 1. The maximum atomic E-state index is 6.13. The number of pyridine rings is 1. The van der Waals surface area contributed by atoms with Crippen LogP contribution in [0.1, 0.15) is 16.7 Å². The summed E-state index contributed by atoms with van der Waals surface area (Å²) in [5, 5.41) is 2.32. The molecule has 3 heteroatoms. The van der Waals surface area contributed by atoms with Crippen LogP contribution in [0.5, 0.6) is 5.75 Å². The maximum Gasteiger partial charge on any atom is 0.124 e. The number of benzene rings is 2. The molecule has 21 heavy (non-hydrogen) atoms. The summed E-state index contributed by atoms with van der Waals surface area (Å²) in [6, 6.07) is 14.3. The Morgan fingerprint density at radius 1 is 1.10 bits per heavy atom. The Hall–Kier alpha value is -2.06. The Balaban J connectivity index is 1.90. The molecule has 0 aliphatic carbocycles. The van der Waals surface area contributed by atoms with Crippen molar-refractivity contribution < 1.29 is 4.74 Å². The van der Waals surface area contributed by atoms with E-state index in [1.807, 2.05) is 37.5 Å². The molecule has 0 N–H and O–H groups in total. The molecule has 3 aromatic rings. The first-order valence-corrected chi connectivity index (χ1v) is 7.41. The van der Waals surface area contributed by atoms with Crippen LogP contribution >= 0.6 is 11.6 Å². The second kappa shape index (κ2) is 6.15. The molecule has 0 aliphatic heterocycles. The van der Waals surface area contributed by atoms with Crippen LogP contribution in [-0.4, -0.2) is 4.98 Å². The van der Waals surface area contributed by atoms with E-state index in [2.05, 4.69) is 29.2 Å². The van der Waals surface area contributed by atoms with Crippen LogP contribution in [0.4, 0.5) is 0 Å². The van der Waals surface area contributed by atoms with Crippen molar-refractivity contribution in [1.82, 2.24) is 4.98 Å². The first-order chi connectivity index (χ1) is 10.3. The molecule has 0 amide bonds. The van der Waals surface area contributed by atoms with Gasteiger partial charge in [-0.3, -0.25) is 4.98 Å². The van der Waals surface area contributed by atoms with Crippen LogP contribution in [-0.2, 0) is 12.5 Å². The minimum atomic E-state index is 0.433. The lowest BCUT2D eigenvalue weighted by Crippen LogP contribution is -1.99. The second-order valence-corrected chi connectivity index (χ2v) is 5.32. The zero-order chi connectivity index (χ0) is 14.7. The van der Waals surface area contributed by atoms with Crippen LogP contribution in [0.3, 0.4) is 0 Å². The molecule has 2 nitrogen and oxygen atoms in total. The molecular weight excluding hydrogens is 282 g/mol. The first-order valence-electron chi connectivity index (χ1n) is 6.88. The smallest absolute Gasteiger partial charge is 0.124 e. The van der Waals surface area contributed by atoms with E-state index in [9.17, 15) is 0 Å². The third-order valence-electron chi connectivity index (χ3n) is 3.46. The number of ether oxygens (including phenoxy) is 1. The summed E-state index contributed by atoms with van der Waals surface area (Å²) in [7, 11) is 0. The normalized spacial score (nSPS) is 10.8. The van der Waals surface area contributed by atoms with Gasteiger partial charge in [0.15, 0.2) is 0 Å². The summed E-state index contributed by atoms with van der Waals surface area (Å²) in [6.45, 7) is 2.52. The monoisotopic (exact) mass is 297 g/mol. The minimum Gasteiger partial charge on any atom is -0.488 e. The van der Waals surface area contributed by atoms with E-state index < -0.39 is 0 Å². The largest absolute Gasteiger partial charge is 0.488 e. The molecule has 0 radical (unpaired) electrons. The number of fused-ring (bicyclic) bond motifs is 1. The highest BCUT2D eigenvalue weighted by atomic mass is 35.5. The Labute approximate surface area is 129 Å². The standard InChI is InChI=1S/C18H16ClNO/c1-13-8-14(11-20-10-13)12-21-18-7-6-15-4-2-3-5-16(15)17(18)9-19/h2-8,10-11H,9,12H2,1H3. The lowest BCUT2D eigenvalue weighted by molar-refractivity contribution is 0.304. The van der Waals surface area contributed by atoms with Crippen molar-refractivity contribution in [3.8, 4) is 5.75 Å². The summed E-state index contributed by atoms with van der Waals surface area (Å²) in [6.07, 6.45) is 3.66. The van der Waals surface area contributed by atoms with E-state index >= 15 is 0 Å². The number of hydrogen-bond acceptors (Lipinski definition) is 2. The summed E-state index contributed by atoms with van der Waals surface area (Å²) in [5.74, 6) is 1.27. The van der Waals surface area contributed by atoms with Gasteiger partial charge in [0.2, 0.25) is 0 Å². The molecule has 0 spiro atoms. The summed E-state index contributed by atoms with van der Waals surface area (Å²) in [5.41, 5.74) is 3.23. The first kappa shape index (κ1) is 13.9. The average molecular weight is 298 g/mol. The lowest BCUT2D eigenvalue weighted by atomic mass is 10.0. The van der Waals surface area contributed by atoms with Crippen molar-refractivity contribution in [2.75, 3.05) is 0 Å². The van der Waals surface area contributed by atoms with Gasteiger partial charge in [-0.15, -0.1) is 11.6 Å². The van der Waals surface area contributed by atoms with E-state index in [1.165, 1.54) is 5.39 Å². The van der Waals surface area contributed by atoms with Gasteiger partial charge in [-0.25, -0.2) is 0 Å². The number of alkyl halides is 1.